The Kier molecular flexibility index (Phi) is 4.63. The van der Waals surface area contributed by atoms with Gasteiger partial charge in [0, 0.05) is 24.0 Å². The van der Waals surface area contributed by atoms with E-state index in [1.807, 2.05) is 20.8 Å². The number of hydrogen-bond donors (Lipinski definition) is 0. The number of amides is 1. The molecule has 0 N–H and O–H groups in total. The summed E-state index contributed by atoms with van der Waals surface area (Å²) >= 11 is 0. The third-order valence-electron chi connectivity index (χ3n) is 2.61. The first kappa shape index (κ1) is 13.6. The van der Waals surface area contributed by atoms with Crippen molar-refractivity contribution in [1.29, 1.82) is 0 Å². The van der Waals surface area contributed by atoms with Gasteiger partial charge in [0.25, 0.3) is 0 Å². The second-order valence-electron chi connectivity index (χ2n) is 5.24. The molecule has 0 aromatic rings. The van der Waals surface area contributed by atoms with Gasteiger partial charge in [-0.3, -0.25) is 0 Å². The second kappa shape index (κ2) is 5.77. The molecule has 0 aromatic heterocycles. The fourth-order valence-corrected chi connectivity index (χ4v) is 1.88. The van der Waals surface area contributed by atoms with Gasteiger partial charge in [-0.05, 0) is 45.6 Å². The van der Waals surface area contributed by atoms with Crippen LogP contribution in [0.3, 0.4) is 0 Å². The Labute approximate surface area is 102 Å². The van der Waals surface area contributed by atoms with E-state index in [4.69, 9.17) is 10.3 Å². The van der Waals surface area contributed by atoms with Crippen LogP contribution in [0.5, 0.6) is 0 Å². The van der Waals surface area contributed by atoms with E-state index in [1.54, 1.807) is 4.90 Å². The number of nitrogens with zero attached hydrogens (tertiary/aromatic N) is 4. The molecule has 1 aliphatic heterocycles. The minimum Gasteiger partial charge on any atom is -0.444 e. The quantitative estimate of drug-likeness (QED) is 0.422. The molecule has 0 aliphatic carbocycles. The summed E-state index contributed by atoms with van der Waals surface area (Å²) in [6.07, 6.45) is 2.60. The van der Waals surface area contributed by atoms with Gasteiger partial charge in [-0.2, -0.15) is 0 Å². The summed E-state index contributed by atoms with van der Waals surface area (Å²) in [4.78, 5) is 16.4. The highest BCUT2D eigenvalue weighted by Gasteiger charge is 2.29. The maximum atomic E-state index is 12.0. The average Bonchev–Trinajstić information content (AvgIpc) is 2.24. The average molecular weight is 240 g/mol. The highest BCUT2D eigenvalue weighted by molar-refractivity contribution is 5.68. The molecule has 1 saturated heterocycles. The van der Waals surface area contributed by atoms with E-state index in [2.05, 4.69) is 10.0 Å². The number of rotatable bonds is 2. The van der Waals surface area contributed by atoms with E-state index in [9.17, 15) is 4.79 Å². The molecule has 1 rings (SSSR count). The Morgan fingerprint density at radius 3 is 2.82 bits per heavy atom. The first-order valence-electron chi connectivity index (χ1n) is 5.94. The lowest BCUT2D eigenvalue weighted by molar-refractivity contribution is 0.0109. The standard InChI is InChI=1S/C11H20N4O2/c1-11(2,3)17-10(16)15-7-5-4-6-9(15)8-13-14-12/h9H,4-8H2,1-3H3/t9-/m1/s1. The summed E-state index contributed by atoms with van der Waals surface area (Å²) in [5.41, 5.74) is 7.84. The van der Waals surface area contributed by atoms with Crippen molar-refractivity contribution in [2.24, 2.45) is 5.11 Å². The van der Waals surface area contributed by atoms with E-state index in [-0.39, 0.29) is 12.1 Å². The zero-order valence-electron chi connectivity index (χ0n) is 10.7. The third kappa shape index (κ3) is 4.53. The zero-order chi connectivity index (χ0) is 12.9. The highest BCUT2D eigenvalue weighted by atomic mass is 16.6. The molecule has 0 unspecified atom stereocenters. The Hall–Kier alpha value is -1.42. The van der Waals surface area contributed by atoms with Gasteiger partial charge in [0.15, 0.2) is 0 Å². The van der Waals surface area contributed by atoms with E-state index in [0.717, 1.165) is 19.3 Å². The Morgan fingerprint density at radius 1 is 1.53 bits per heavy atom. The molecular weight excluding hydrogens is 220 g/mol. The number of likely N-dealkylation sites (tertiary alicyclic amines) is 1. The van der Waals surface area contributed by atoms with E-state index >= 15 is 0 Å². The Balaban J connectivity index is 2.63. The monoisotopic (exact) mass is 240 g/mol. The predicted octanol–water partition coefficient (Wildman–Crippen LogP) is 3.09. The van der Waals surface area contributed by atoms with Gasteiger partial charge in [-0.1, -0.05) is 5.11 Å². The van der Waals surface area contributed by atoms with Crippen molar-refractivity contribution in [1.82, 2.24) is 4.90 Å². The summed E-state index contributed by atoms with van der Waals surface area (Å²) in [6.45, 7) is 6.54. The maximum Gasteiger partial charge on any atom is 0.410 e. The number of azide groups is 1. The van der Waals surface area contributed by atoms with E-state index in [1.165, 1.54) is 0 Å². The van der Waals surface area contributed by atoms with Crippen molar-refractivity contribution in [3.05, 3.63) is 10.4 Å². The fraction of sp³-hybridized carbons (Fsp3) is 0.909. The minimum atomic E-state index is -0.489. The molecule has 0 aromatic carbocycles. The molecule has 0 radical (unpaired) electrons. The highest BCUT2D eigenvalue weighted by Crippen LogP contribution is 2.20. The second-order valence-corrected chi connectivity index (χ2v) is 5.24. The Bertz CT molecular complexity index is 318. The van der Waals surface area contributed by atoms with Crippen molar-refractivity contribution in [2.45, 2.75) is 51.7 Å². The van der Waals surface area contributed by atoms with Crippen LogP contribution in [0.4, 0.5) is 4.79 Å². The van der Waals surface area contributed by atoms with Crippen molar-refractivity contribution in [3.8, 4) is 0 Å². The maximum absolute atomic E-state index is 12.0. The molecule has 6 nitrogen and oxygen atoms in total. The third-order valence-corrected chi connectivity index (χ3v) is 2.61. The molecule has 1 atom stereocenters. The number of ether oxygens (including phenoxy) is 1. The summed E-state index contributed by atoms with van der Waals surface area (Å²) < 4.78 is 5.34. The lowest BCUT2D eigenvalue weighted by Crippen LogP contribution is -2.47. The van der Waals surface area contributed by atoms with Crippen LogP contribution >= 0.6 is 0 Å². The fourth-order valence-electron chi connectivity index (χ4n) is 1.88. The van der Waals surface area contributed by atoms with Crippen LogP contribution in [-0.2, 0) is 4.74 Å². The lowest BCUT2D eigenvalue weighted by atomic mass is 10.0. The summed E-state index contributed by atoms with van der Waals surface area (Å²) in [5, 5.41) is 3.56. The number of piperidine rings is 1. The predicted molar refractivity (Wildman–Crippen MR) is 64.6 cm³/mol. The molecule has 96 valence electrons. The summed E-state index contributed by atoms with van der Waals surface area (Å²) in [6, 6.07) is -0.0190. The molecule has 0 spiro atoms. The first-order chi connectivity index (χ1) is 7.94. The SMILES string of the molecule is CC(C)(C)OC(=O)N1CCCC[C@@H]1CN=[N+]=[N-]. The smallest absolute Gasteiger partial charge is 0.410 e. The molecular formula is C11H20N4O2. The molecule has 0 saturated carbocycles. The van der Waals surface area contributed by atoms with Crippen LogP contribution in [0.2, 0.25) is 0 Å². The van der Waals surface area contributed by atoms with E-state index < -0.39 is 5.60 Å². The molecule has 1 aliphatic rings. The van der Waals surface area contributed by atoms with Crippen LogP contribution in [0.25, 0.3) is 10.4 Å². The normalized spacial score (nSPS) is 20.6. The largest absolute Gasteiger partial charge is 0.444 e. The van der Waals surface area contributed by atoms with Gasteiger partial charge in [0.2, 0.25) is 0 Å². The topological polar surface area (TPSA) is 78.3 Å². The van der Waals surface area contributed by atoms with Crippen molar-refractivity contribution in [3.63, 3.8) is 0 Å². The van der Waals surface area contributed by atoms with Crippen molar-refractivity contribution < 1.29 is 9.53 Å². The molecule has 0 bridgehead atoms. The lowest BCUT2D eigenvalue weighted by Gasteiger charge is -2.36. The molecule has 1 amide bonds. The zero-order valence-corrected chi connectivity index (χ0v) is 10.7. The van der Waals surface area contributed by atoms with E-state index in [0.29, 0.717) is 13.1 Å². The van der Waals surface area contributed by atoms with Crippen LogP contribution < -0.4 is 0 Å². The number of hydrogen-bond acceptors (Lipinski definition) is 3. The van der Waals surface area contributed by atoms with Gasteiger partial charge in [0.05, 0.1) is 0 Å². The number of carbonyl (C=O) groups excluding carboxylic acids is 1. The molecule has 17 heavy (non-hydrogen) atoms. The van der Waals surface area contributed by atoms with Gasteiger partial charge in [-0.15, -0.1) is 0 Å². The minimum absolute atomic E-state index is 0.0190. The van der Waals surface area contributed by atoms with Crippen LogP contribution in [0, 0.1) is 0 Å². The number of carbonyl (C=O) groups is 1. The van der Waals surface area contributed by atoms with Crippen molar-refractivity contribution in [2.75, 3.05) is 13.1 Å². The van der Waals surface area contributed by atoms with Gasteiger partial charge in [-0.25, -0.2) is 4.79 Å². The van der Waals surface area contributed by atoms with Crippen LogP contribution in [0.1, 0.15) is 40.0 Å². The van der Waals surface area contributed by atoms with Gasteiger partial charge < -0.3 is 9.64 Å². The summed E-state index contributed by atoms with van der Waals surface area (Å²) in [5.74, 6) is 0. The first-order valence-corrected chi connectivity index (χ1v) is 5.94. The molecule has 6 heteroatoms. The van der Waals surface area contributed by atoms with Crippen LogP contribution in [0.15, 0.2) is 5.11 Å². The van der Waals surface area contributed by atoms with Gasteiger partial charge in [0.1, 0.15) is 5.60 Å². The van der Waals surface area contributed by atoms with Gasteiger partial charge >= 0.3 is 6.09 Å². The molecule has 1 heterocycles. The molecule has 1 fully saturated rings. The summed E-state index contributed by atoms with van der Waals surface area (Å²) in [7, 11) is 0. The Morgan fingerprint density at radius 2 is 2.24 bits per heavy atom. The van der Waals surface area contributed by atoms with Crippen LogP contribution in [-0.4, -0.2) is 35.7 Å². The van der Waals surface area contributed by atoms with Crippen molar-refractivity contribution >= 4 is 6.09 Å².